The number of ether oxygens (including phenoxy) is 1. The molecule has 2 aromatic carbocycles. The molecule has 0 bridgehead atoms. The summed E-state index contributed by atoms with van der Waals surface area (Å²) < 4.78 is 40.8. The maximum atomic E-state index is 13.1. The van der Waals surface area contributed by atoms with E-state index in [4.69, 9.17) is 6.11 Å². The van der Waals surface area contributed by atoms with Gasteiger partial charge in [0.15, 0.2) is 0 Å². The maximum absolute atomic E-state index is 13.1. The van der Waals surface area contributed by atoms with E-state index >= 15 is 0 Å². The molecule has 0 aromatic heterocycles. The van der Waals surface area contributed by atoms with Gasteiger partial charge in [0, 0.05) is 25.9 Å². The Morgan fingerprint density at radius 2 is 1.89 bits per heavy atom. The minimum Gasteiger partial charge on any atom is -0.457 e. The van der Waals surface area contributed by atoms with Crippen molar-refractivity contribution in [2.45, 2.75) is 24.8 Å². The minimum absolute atomic E-state index is 0.106. The molecule has 5 nitrogen and oxygen atoms in total. The SMILES string of the molecule is [2H]C=C1CN(S(=O)(=O)c2ccc(C)cc2)CC1C(OC(C)=O)c1ccccc1. The third-order valence-electron chi connectivity index (χ3n) is 4.68. The molecular formula is C21H23NO4S. The number of hydrogen-bond donors (Lipinski definition) is 0. The summed E-state index contributed by atoms with van der Waals surface area (Å²) in [4.78, 5) is 11.9. The van der Waals surface area contributed by atoms with E-state index in [-0.39, 0.29) is 18.0 Å². The van der Waals surface area contributed by atoms with E-state index in [0.29, 0.717) is 5.57 Å². The maximum Gasteiger partial charge on any atom is 0.303 e. The molecule has 3 rings (SSSR count). The summed E-state index contributed by atoms with van der Waals surface area (Å²) in [5.74, 6) is -0.859. The molecule has 0 spiro atoms. The van der Waals surface area contributed by atoms with Gasteiger partial charge in [0.1, 0.15) is 6.10 Å². The Morgan fingerprint density at radius 3 is 2.48 bits per heavy atom. The number of aryl methyl sites for hydroxylation is 1. The topological polar surface area (TPSA) is 63.7 Å². The van der Waals surface area contributed by atoms with Crippen molar-refractivity contribution in [1.82, 2.24) is 4.31 Å². The molecule has 2 unspecified atom stereocenters. The molecule has 0 N–H and O–H groups in total. The van der Waals surface area contributed by atoms with Crippen LogP contribution in [0.25, 0.3) is 0 Å². The average molecular weight is 386 g/mol. The molecule has 0 radical (unpaired) electrons. The van der Waals surface area contributed by atoms with Crippen molar-refractivity contribution < 1.29 is 19.3 Å². The van der Waals surface area contributed by atoms with Crippen molar-refractivity contribution in [2.75, 3.05) is 13.1 Å². The number of sulfonamides is 1. The second kappa shape index (κ2) is 7.66. The molecule has 0 aliphatic carbocycles. The molecule has 0 amide bonds. The molecular weight excluding hydrogens is 362 g/mol. The van der Waals surface area contributed by atoms with E-state index in [1.54, 1.807) is 24.3 Å². The Morgan fingerprint density at radius 1 is 1.22 bits per heavy atom. The summed E-state index contributed by atoms with van der Waals surface area (Å²) in [7, 11) is -3.71. The number of nitrogens with zero attached hydrogens (tertiary/aromatic N) is 1. The molecule has 142 valence electrons. The highest BCUT2D eigenvalue weighted by Gasteiger charge is 2.40. The van der Waals surface area contributed by atoms with Gasteiger partial charge < -0.3 is 4.74 Å². The highest BCUT2D eigenvalue weighted by Crippen LogP contribution is 2.38. The van der Waals surface area contributed by atoms with Crippen molar-refractivity contribution in [2.24, 2.45) is 5.92 Å². The zero-order chi connectivity index (χ0) is 20.3. The van der Waals surface area contributed by atoms with Crippen LogP contribution in [0.3, 0.4) is 0 Å². The highest BCUT2D eigenvalue weighted by atomic mass is 32.2. The Hall–Kier alpha value is -2.44. The average Bonchev–Trinajstić information content (AvgIpc) is 3.12. The number of hydrogen-bond acceptors (Lipinski definition) is 4. The van der Waals surface area contributed by atoms with E-state index in [2.05, 4.69) is 0 Å². The quantitative estimate of drug-likeness (QED) is 0.583. The van der Waals surface area contributed by atoms with Gasteiger partial charge in [0.25, 0.3) is 0 Å². The zero-order valence-corrected chi connectivity index (χ0v) is 16.1. The molecule has 2 atom stereocenters. The van der Waals surface area contributed by atoms with Crippen LogP contribution in [-0.2, 0) is 19.6 Å². The minimum atomic E-state index is -3.71. The van der Waals surface area contributed by atoms with E-state index in [9.17, 15) is 13.2 Å². The van der Waals surface area contributed by atoms with Gasteiger partial charge in [-0.1, -0.05) is 60.2 Å². The second-order valence-electron chi connectivity index (χ2n) is 6.73. The first-order chi connectivity index (χ1) is 13.3. The van der Waals surface area contributed by atoms with E-state index in [1.165, 1.54) is 17.8 Å². The summed E-state index contributed by atoms with van der Waals surface area (Å²) in [6.45, 7) is 4.65. The van der Waals surface area contributed by atoms with Crippen LogP contribution in [0, 0.1) is 12.8 Å². The number of rotatable bonds is 5. The van der Waals surface area contributed by atoms with Gasteiger partial charge in [-0.05, 0) is 24.6 Å². The molecule has 1 heterocycles. The van der Waals surface area contributed by atoms with Crippen molar-refractivity contribution in [3.63, 3.8) is 0 Å². The summed E-state index contributed by atoms with van der Waals surface area (Å²) in [6.07, 6.45) is -0.645. The zero-order valence-electron chi connectivity index (χ0n) is 16.3. The van der Waals surface area contributed by atoms with Crippen LogP contribution in [0.4, 0.5) is 0 Å². The lowest BCUT2D eigenvalue weighted by atomic mass is 9.92. The first-order valence-electron chi connectivity index (χ1n) is 9.27. The van der Waals surface area contributed by atoms with E-state index < -0.39 is 28.0 Å². The van der Waals surface area contributed by atoms with Crippen LogP contribution in [0.15, 0.2) is 71.6 Å². The number of esters is 1. The fourth-order valence-electron chi connectivity index (χ4n) is 3.26. The van der Waals surface area contributed by atoms with Crippen LogP contribution in [0.2, 0.25) is 0 Å². The molecule has 1 aliphatic rings. The normalized spacial score (nSPS) is 21.0. The van der Waals surface area contributed by atoms with Crippen LogP contribution < -0.4 is 0 Å². The summed E-state index contributed by atoms with van der Waals surface area (Å²) >= 11 is 0. The lowest BCUT2D eigenvalue weighted by molar-refractivity contribution is -0.148. The third kappa shape index (κ3) is 4.12. The molecule has 0 saturated carbocycles. The Balaban J connectivity index is 1.94. The Labute approximate surface area is 161 Å². The smallest absolute Gasteiger partial charge is 0.303 e. The van der Waals surface area contributed by atoms with Gasteiger partial charge in [0.05, 0.1) is 6.27 Å². The first kappa shape index (κ1) is 17.9. The van der Waals surface area contributed by atoms with Gasteiger partial charge in [-0.2, -0.15) is 4.31 Å². The molecule has 6 heteroatoms. The summed E-state index contributed by atoms with van der Waals surface area (Å²) in [5, 5.41) is 0. The number of carbonyl (C=O) groups excluding carboxylic acids is 1. The van der Waals surface area contributed by atoms with Crippen molar-refractivity contribution >= 4 is 16.0 Å². The van der Waals surface area contributed by atoms with Gasteiger partial charge in [-0.25, -0.2) is 8.42 Å². The van der Waals surface area contributed by atoms with Gasteiger partial charge in [-0.15, -0.1) is 0 Å². The highest BCUT2D eigenvalue weighted by molar-refractivity contribution is 7.89. The first-order valence-corrected chi connectivity index (χ1v) is 10.1. The number of benzene rings is 2. The Kier molecular flexibility index (Phi) is 5.09. The van der Waals surface area contributed by atoms with Crippen molar-refractivity contribution in [3.8, 4) is 0 Å². The van der Waals surface area contributed by atoms with Crippen LogP contribution in [0.1, 0.15) is 25.5 Å². The Bertz CT molecular complexity index is 971. The van der Waals surface area contributed by atoms with Crippen molar-refractivity contribution in [3.05, 3.63) is 77.9 Å². The molecule has 1 aliphatic heterocycles. The van der Waals surface area contributed by atoms with Gasteiger partial charge in [0.2, 0.25) is 10.0 Å². The predicted octanol–water partition coefficient (Wildman–Crippen LogP) is 3.48. The predicted molar refractivity (Wildman–Crippen MR) is 104 cm³/mol. The fourth-order valence-corrected chi connectivity index (χ4v) is 4.71. The lowest BCUT2D eigenvalue weighted by Crippen LogP contribution is -2.30. The van der Waals surface area contributed by atoms with E-state index in [1.807, 2.05) is 37.3 Å². The lowest BCUT2D eigenvalue weighted by Gasteiger charge is -2.24. The largest absolute Gasteiger partial charge is 0.457 e. The van der Waals surface area contributed by atoms with Gasteiger partial charge in [-0.3, -0.25) is 4.79 Å². The number of carbonyl (C=O) groups is 1. The molecule has 1 fully saturated rings. The second-order valence-corrected chi connectivity index (χ2v) is 8.67. The molecule has 27 heavy (non-hydrogen) atoms. The monoisotopic (exact) mass is 386 g/mol. The van der Waals surface area contributed by atoms with Crippen LogP contribution in [0.5, 0.6) is 0 Å². The van der Waals surface area contributed by atoms with E-state index in [0.717, 1.165) is 11.1 Å². The van der Waals surface area contributed by atoms with Crippen molar-refractivity contribution in [1.29, 1.82) is 0 Å². The fraction of sp³-hybridized carbons (Fsp3) is 0.286. The summed E-state index contributed by atoms with van der Waals surface area (Å²) in [6, 6.07) is 15.9. The standard InChI is InChI=1S/C21H23NO4S/c1-15-9-11-19(12-10-15)27(24,25)22-13-16(2)20(14-22)21(26-17(3)23)18-7-5-4-6-8-18/h4-12,20-21H,2,13-14H2,1,3H3/i2D. The van der Waals surface area contributed by atoms with Crippen LogP contribution in [-0.4, -0.2) is 31.8 Å². The molecule has 1 saturated heterocycles. The summed E-state index contributed by atoms with van der Waals surface area (Å²) in [5.41, 5.74) is 2.37. The third-order valence-corrected chi connectivity index (χ3v) is 6.51. The van der Waals surface area contributed by atoms with Gasteiger partial charge >= 0.3 is 5.97 Å². The van der Waals surface area contributed by atoms with Crippen LogP contribution >= 0.6 is 0 Å². The molecule has 2 aromatic rings.